The first-order chi connectivity index (χ1) is 21.2. The highest BCUT2D eigenvalue weighted by molar-refractivity contribution is 4.83. The van der Waals surface area contributed by atoms with Gasteiger partial charge in [0.1, 0.15) is 4.91 Å². The largest absolute Gasteiger partial charge is 0.519 e. The lowest BCUT2D eigenvalue weighted by atomic mass is 10.1. The van der Waals surface area contributed by atoms with Crippen molar-refractivity contribution >= 4 is 0 Å². The van der Waals surface area contributed by atoms with Gasteiger partial charge in [0.25, 0.3) is 0 Å². The fourth-order valence-corrected chi connectivity index (χ4v) is 5.28. The van der Waals surface area contributed by atoms with E-state index in [0.29, 0.717) is 39.5 Å². The molecular weight excluding hydrogens is 546 g/mol. The maximum absolute atomic E-state index is 12.6. The molecule has 0 aliphatic carbocycles. The van der Waals surface area contributed by atoms with Crippen LogP contribution in [0.3, 0.4) is 0 Å². The summed E-state index contributed by atoms with van der Waals surface area (Å²) >= 11 is 0. The second-order valence-corrected chi connectivity index (χ2v) is 11.7. The first-order valence-corrected chi connectivity index (χ1v) is 17.6. The molecule has 252 valence electrons. The smallest absolute Gasteiger partial charge is 0.397 e. The van der Waals surface area contributed by atoms with Crippen molar-refractivity contribution in [1.29, 1.82) is 0 Å². The molecular formula is C34H66N3O6+. The van der Waals surface area contributed by atoms with E-state index < -0.39 is 0 Å². The third kappa shape index (κ3) is 21.8. The van der Waals surface area contributed by atoms with E-state index in [9.17, 15) is 4.91 Å². The summed E-state index contributed by atoms with van der Waals surface area (Å²) in [7, 11) is 0. The molecule has 2 unspecified atom stereocenters. The topological polar surface area (TPSA) is 83.7 Å². The quantitative estimate of drug-likeness (QED) is 0.0666. The van der Waals surface area contributed by atoms with Gasteiger partial charge >= 0.3 is 5.09 Å². The van der Waals surface area contributed by atoms with Gasteiger partial charge in [0.15, 0.2) is 0 Å². The zero-order valence-electron chi connectivity index (χ0n) is 28.0. The number of hydrogen-bond donors (Lipinski definition) is 1. The molecule has 9 nitrogen and oxygen atoms in total. The van der Waals surface area contributed by atoms with E-state index in [-0.39, 0.29) is 23.8 Å². The number of aliphatic hydroxyl groups is 1. The first kappa shape index (κ1) is 39.5. The van der Waals surface area contributed by atoms with Crippen molar-refractivity contribution in [1.82, 2.24) is 10.1 Å². The van der Waals surface area contributed by atoms with Crippen LogP contribution in [-0.2, 0) is 19.4 Å². The molecule has 0 radical (unpaired) electrons. The average molecular weight is 613 g/mol. The minimum absolute atomic E-state index is 0.0511. The van der Waals surface area contributed by atoms with E-state index in [1.165, 1.54) is 77.0 Å². The van der Waals surface area contributed by atoms with E-state index in [2.05, 4.69) is 38.2 Å². The van der Waals surface area contributed by atoms with Gasteiger partial charge in [-0.05, 0) is 71.1 Å². The van der Waals surface area contributed by atoms with Crippen molar-refractivity contribution in [3.63, 3.8) is 0 Å². The molecule has 2 heterocycles. The molecule has 2 saturated heterocycles. The predicted molar refractivity (Wildman–Crippen MR) is 174 cm³/mol. The van der Waals surface area contributed by atoms with E-state index in [0.717, 1.165) is 38.5 Å². The Kier molecular flexibility index (Phi) is 26.8. The van der Waals surface area contributed by atoms with Crippen LogP contribution in [0.2, 0.25) is 0 Å². The SMILES string of the molecule is CCCCCCCC=CCCCC1COCCN1O[N+](=O)ON1CCOCC1CCCC=CCCCCCCC.CCO. The summed E-state index contributed by atoms with van der Waals surface area (Å²) in [5.41, 5.74) is 0. The van der Waals surface area contributed by atoms with Crippen LogP contribution in [0.25, 0.3) is 0 Å². The van der Waals surface area contributed by atoms with Crippen LogP contribution in [0.4, 0.5) is 0 Å². The molecule has 2 aliphatic heterocycles. The monoisotopic (exact) mass is 612 g/mol. The number of ether oxygens (including phenoxy) is 2. The summed E-state index contributed by atoms with van der Waals surface area (Å²) in [4.78, 5) is 23.8. The molecule has 0 spiro atoms. The van der Waals surface area contributed by atoms with Crippen molar-refractivity contribution in [2.24, 2.45) is 0 Å². The Morgan fingerprint density at radius 1 is 0.651 bits per heavy atom. The number of morpholine rings is 2. The summed E-state index contributed by atoms with van der Waals surface area (Å²) in [5.74, 6) is 0. The molecule has 0 saturated carbocycles. The second kappa shape index (κ2) is 29.2. The van der Waals surface area contributed by atoms with Gasteiger partial charge in [-0.25, -0.2) is 0 Å². The van der Waals surface area contributed by atoms with E-state index in [1.54, 1.807) is 17.1 Å². The molecule has 43 heavy (non-hydrogen) atoms. The molecule has 2 atom stereocenters. The van der Waals surface area contributed by atoms with Crippen LogP contribution < -0.4 is 0 Å². The zero-order chi connectivity index (χ0) is 31.2. The summed E-state index contributed by atoms with van der Waals surface area (Å²) in [6.07, 6.45) is 30.8. The molecule has 0 bridgehead atoms. The van der Waals surface area contributed by atoms with Crippen molar-refractivity contribution in [3.05, 3.63) is 29.2 Å². The summed E-state index contributed by atoms with van der Waals surface area (Å²) in [5, 5.41) is 11.3. The van der Waals surface area contributed by atoms with E-state index in [4.69, 9.17) is 24.5 Å². The highest BCUT2D eigenvalue weighted by Gasteiger charge is 2.36. The van der Waals surface area contributed by atoms with Gasteiger partial charge < -0.3 is 14.6 Å². The molecule has 1 N–H and O–H groups in total. The number of unbranched alkanes of at least 4 members (excludes halogenated alkanes) is 12. The normalized spacial score (nSPS) is 19.9. The van der Waals surface area contributed by atoms with Crippen LogP contribution >= 0.6 is 0 Å². The van der Waals surface area contributed by atoms with E-state index in [1.807, 2.05) is 0 Å². The van der Waals surface area contributed by atoms with Crippen LogP contribution in [0.15, 0.2) is 24.3 Å². The summed E-state index contributed by atoms with van der Waals surface area (Å²) < 4.78 is 11.3. The van der Waals surface area contributed by atoms with Crippen molar-refractivity contribution in [2.75, 3.05) is 46.1 Å². The van der Waals surface area contributed by atoms with Gasteiger partial charge in [0.05, 0.1) is 51.6 Å². The van der Waals surface area contributed by atoms with Gasteiger partial charge in [-0.2, -0.15) is 0 Å². The van der Waals surface area contributed by atoms with Crippen LogP contribution in [0.5, 0.6) is 0 Å². The number of allylic oxidation sites excluding steroid dienone is 4. The fourth-order valence-electron chi connectivity index (χ4n) is 5.28. The third-order valence-corrected chi connectivity index (χ3v) is 7.79. The van der Waals surface area contributed by atoms with Crippen LogP contribution in [0, 0.1) is 4.91 Å². The van der Waals surface area contributed by atoms with Gasteiger partial charge in [0.2, 0.25) is 0 Å². The Labute approximate surface area is 263 Å². The van der Waals surface area contributed by atoms with Gasteiger partial charge in [-0.1, -0.05) is 110 Å². The summed E-state index contributed by atoms with van der Waals surface area (Å²) in [6, 6.07) is 0.102. The van der Waals surface area contributed by atoms with Crippen LogP contribution in [0.1, 0.15) is 136 Å². The molecule has 0 aromatic heterocycles. The molecule has 9 heteroatoms. The minimum atomic E-state index is 0.0511. The predicted octanol–water partition coefficient (Wildman–Crippen LogP) is 8.03. The first-order valence-electron chi connectivity index (χ1n) is 17.6. The number of hydrogen-bond acceptors (Lipinski definition) is 8. The number of nitrogens with zero attached hydrogens (tertiary/aromatic N) is 3. The molecule has 2 aliphatic rings. The van der Waals surface area contributed by atoms with Gasteiger partial charge in [-0.15, -0.1) is 0 Å². The van der Waals surface area contributed by atoms with Gasteiger partial charge in [0, 0.05) is 6.61 Å². The lowest BCUT2D eigenvalue weighted by Gasteiger charge is -2.30. The van der Waals surface area contributed by atoms with Crippen molar-refractivity contribution in [3.8, 4) is 0 Å². The zero-order valence-corrected chi connectivity index (χ0v) is 28.0. The highest BCUT2D eigenvalue weighted by atomic mass is 17.1. The Bertz CT molecular complexity index is 639. The average Bonchev–Trinajstić information content (AvgIpc) is 3.01. The van der Waals surface area contributed by atoms with Crippen molar-refractivity contribution in [2.45, 2.75) is 148 Å². The lowest BCUT2D eigenvalue weighted by molar-refractivity contribution is -1.04. The number of hydroxylamine groups is 4. The Balaban J connectivity index is 0.00000295. The fraction of sp³-hybridized carbons (Fsp3) is 0.882. The molecule has 0 aromatic rings. The number of rotatable bonds is 24. The third-order valence-electron chi connectivity index (χ3n) is 7.79. The molecule has 0 amide bonds. The molecule has 2 fully saturated rings. The number of aliphatic hydroxyl groups excluding tert-OH is 1. The standard InChI is InChI=1S/C32H60N3O5.C2H6O/c1-3-5-7-9-11-13-15-17-19-21-23-31-29-37-27-25-33(31)39-35(36)40-34-26-28-38-30-32(34)24-22-20-18-16-14-12-10-8-6-4-2;1-2-3/h15-18,31-32H,3-14,19-30H2,1-2H3;3H,2H2,1H3/q+1;. The van der Waals surface area contributed by atoms with E-state index >= 15 is 0 Å². The van der Waals surface area contributed by atoms with Crippen LogP contribution in [-0.4, -0.2) is 78.5 Å². The molecule has 0 aromatic carbocycles. The van der Waals surface area contributed by atoms with Gasteiger partial charge in [-0.3, -0.25) is 0 Å². The Morgan fingerprint density at radius 3 is 1.42 bits per heavy atom. The Hall–Kier alpha value is -1.52. The van der Waals surface area contributed by atoms with Crippen molar-refractivity contribution < 1.29 is 29.5 Å². The molecule has 2 rings (SSSR count). The maximum Gasteiger partial charge on any atom is 0.519 e. The minimum Gasteiger partial charge on any atom is -0.397 e. The highest BCUT2D eigenvalue weighted by Crippen LogP contribution is 2.18. The second-order valence-electron chi connectivity index (χ2n) is 11.7. The Morgan fingerprint density at radius 2 is 1.02 bits per heavy atom. The lowest BCUT2D eigenvalue weighted by Crippen LogP contribution is -2.50. The summed E-state index contributed by atoms with van der Waals surface area (Å²) in [6.45, 7) is 9.79. The maximum atomic E-state index is 12.6.